The molecule has 0 bridgehead atoms. The molecule has 158 valence electrons. The number of methoxy groups -OCH3 is 1. The molecule has 1 amide bonds. The monoisotopic (exact) mass is 438 g/mol. The van der Waals surface area contributed by atoms with Crippen molar-refractivity contribution in [3.05, 3.63) is 75.3 Å². The lowest BCUT2D eigenvalue weighted by molar-refractivity contribution is -0.122. The Morgan fingerprint density at radius 1 is 1.16 bits per heavy atom. The molecule has 0 aliphatic rings. The predicted molar refractivity (Wildman–Crippen MR) is 117 cm³/mol. The van der Waals surface area contributed by atoms with Crippen molar-refractivity contribution in [3.63, 3.8) is 0 Å². The van der Waals surface area contributed by atoms with Crippen molar-refractivity contribution < 1.29 is 13.9 Å². The van der Waals surface area contributed by atoms with Crippen LogP contribution in [0.25, 0.3) is 21.5 Å². The van der Waals surface area contributed by atoms with E-state index in [0.29, 0.717) is 16.1 Å². The van der Waals surface area contributed by atoms with E-state index in [0.717, 1.165) is 20.8 Å². The number of ether oxygens (including phenoxy) is 1. The van der Waals surface area contributed by atoms with E-state index in [9.17, 15) is 14.0 Å². The van der Waals surface area contributed by atoms with E-state index in [2.05, 4.69) is 15.4 Å². The molecule has 7 nitrogen and oxygen atoms in total. The number of carbonyl (C=O) groups excluding carboxylic acids is 1. The number of nitrogens with one attached hydrogen (secondary N) is 1. The average Bonchev–Trinajstić information content (AvgIpc) is 3.17. The molecule has 2 aromatic carbocycles. The Hall–Kier alpha value is -3.59. The van der Waals surface area contributed by atoms with Crippen LogP contribution in [-0.4, -0.2) is 27.8 Å². The SMILES string of the molecule is COc1ccc(-c2nn(CC(=O)NCc3ccc(F)cc3)c(=O)c3nc(C)sc23)cc1. The zero-order valence-corrected chi connectivity index (χ0v) is 17.7. The van der Waals surface area contributed by atoms with E-state index < -0.39 is 5.56 Å². The molecule has 0 spiro atoms. The van der Waals surface area contributed by atoms with Crippen molar-refractivity contribution in [2.45, 2.75) is 20.0 Å². The minimum Gasteiger partial charge on any atom is -0.497 e. The van der Waals surface area contributed by atoms with E-state index in [1.165, 1.54) is 23.5 Å². The Labute approximate surface area is 181 Å². The first kappa shape index (κ1) is 20.7. The molecular formula is C22H19FN4O3S. The van der Waals surface area contributed by atoms with Gasteiger partial charge in [0.2, 0.25) is 5.91 Å². The largest absolute Gasteiger partial charge is 0.497 e. The predicted octanol–water partition coefficient (Wildman–Crippen LogP) is 3.29. The van der Waals surface area contributed by atoms with Crippen LogP contribution in [0, 0.1) is 12.7 Å². The molecule has 9 heteroatoms. The highest BCUT2D eigenvalue weighted by molar-refractivity contribution is 7.19. The molecular weight excluding hydrogens is 419 g/mol. The minimum atomic E-state index is -0.423. The highest BCUT2D eigenvalue weighted by Crippen LogP contribution is 2.30. The van der Waals surface area contributed by atoms with Crippen molar-refractivity contribution in [2.24, 2.45) is 0 Å². The maximum atomic E-state index is 13.0. The number of fused-ring (bicyclic) bond motifs is 1. The number of nitrogens with zero attached hydrogens (tertiary/aromatic N) is 3. The molecule has 0 radical (unpaired) electrons. The van der Waals surface area contributed by atoms with Gasteiger partial charge in [-0.3, -0.25) is 9.59 Å². The Kier molecular flexibility index (Phi) is 5.77. The highest BCUT2D eigenvalue weighted by atomic mass is 32.1. The van der Waals surface area contributed by atoms with E-state index >= 15 is 0 Å². The van der Waals surface area contributed by atoms with Gasteiger partial charge in [-0.05, 0) is 48.9 Å². The van der Waals surface area contributed by atoms with Gasteiger partial charge in [0.1, 0.15) is 23.8 Å². The molecule has 0 atom stereocenters. The third-order valence-electron chi connectivity index (χ3n) is 4.67. The Morgan fingerprint density at radius 2 is 1.87 bits per heavy atom. The molecule has 31 heavy (non-hydrogen) atoms. The Balaban J connectivity index is 1.64. The lowest BCUT2D eigenvalue weighted by atomic mass is 10.1. The molecule has 4 aromatic rings. The molecule has 0 aliphatic carbocycles. The van der Waals surface area contributed by atoms with Gasteiger partial charge in [-0.15, -0.1) is 11.3 Å². The zero-order chi connectivity index (χ0) is 22.0. The minimum absolute atomic E-state index is 0.219. The number of benzene rings is 2. The number of hydrogen-bond donors (Lipinski definition) is 1. The molecule has 0 saturated heterocycles. The van der Waals surface area contributed by atoms with Gasteiger partial charge in [-0.2, -0.15) is 5.10 Å². The second-order valence-electron chi connectivity index (χ2n) is 6.85. The van der Waals surface area contributed by atoms with Crippen LogP contribution in [0.5, 0.6) is 5.75 Å². The van der Waals surface area contributed by atoms with E-state index in [-0.39, 0.29) is 30.3 Å². The number of hydrogen-bond acceptors (Lipinski definition) is 6. The number of rotatable bonds is 6. The molecule has 2 aromatic heterocycles. The summed E-state index contributed by atoms with van der Waals surface area (Å²) in [6.07, 6.45) is 0. The van der Waals surface area contributed by atoms with Crippen LogP contribution >= 0.6 is 11.3 Å². The van der Waals surface area contributed by atoms with Gasteiger partial charge in [-0.1, -0.05) is 12.1 Å². The molecule has 0 saturated carbocycles. The van der Waals surface area contributed by atoms with Crippen LogP contribution in [0.1, 0.15) is 10.6 Å². The normalized spacial score (nSPS) is 10.9. The number of carbonyl (C=O) groups is 1. The summed E-state index contributed by atoms with van der Waals surface area (Å²) in [5.41, 5.74) is 1.98. The molecule has 4 rings (SSSR count). The fraction of sp³-hybridized carbons (Fsp3) is 0.182. The second kappa shape index (κ2) is 8.65. The van der Waals surface area contributed by atoms with Crippen LogP contribution in [0.15, 0.2) is 53.3 Å². The van der Waals surface area contributed by atoms with Crippen molar-refractivity contribution >= 4 is 27.5 Å². The summed E-state index contributed by atoms with van der Waals surface area (Å²) in [4.78, 5) is 29.7. The van der Waals surface area contributed by atoms with Crippen LogP contribution in [-0.2, 0) is 17.9 Å². The summed E-state index contributed by atoms with van der Waals surface area (Å²) < 4.78 is 20.0. The maximum Gasteiger partial charge on any atom is 0.294 e. The van der Waals surface area contributed by atoms with Crippen molar-refractivity contribution in [1.29, 1.82) is 0 Å². The summed E-state index contributed by atoms with van der Waals surface area (Å²) in [6.45, 7) is 1.79. The first-order valence-electron chi connectivity index (χ1n) is 9.48. The van der Waals surface area contributed by atoms with Gasteiger partial charge in [0.25, 0.3) is 5.56 Å². The summed E-state index contributed by atoms with van der Waals surface area (Å²) >= 11 is 1.38. The zero-order valence-electron chi connectivity index (χ0n) is 16.9. The quantitative estimate of drug-likeness (QED) is 0.499. The second-order valence-corrected chi connectivity index (χ2v) is 8.06. The first-order chi connectivity index (χ1) is 14.9. The van der Waals surface area contributed by atoms with Gasteiger partial charge >= 0.3 is 0 Å². The standard InChI is InChI=1S/C22H19FN4O3S/c1-13-25-20-21(31-13)19(15-5-9-17(30-2)10-6-15)26-27(22(20)29)12-18(28)24-11-14-3-7-16(23)8-4-14/h3-10H,11-12H2,1-2H3,(H,24,28). The van der Waals surface area contributed by atoms with Crippen LogP contribution in [0.2, 0.25) is 0 Å². The van der Waals surface area contributed by atoms with Gasteiger partial charge in [0.15, 0.2) is 5.52 Å². The number of amides is 1. The smallest absolute Gasteiger partial charge is 0.294 e. The van der Waals surface area contributed by atoms with E-state index in [4.69, 9.17) is 4.74 Å². The number of halogens is 1. The van der Waals surface area contributed by atoms with Gasteiger partial charge in [0.05, 0.1) is 16.8 Å². The van der Waals surface area contributed by atoms with E-state index in [1.807, 2.05) is 31.2 Å². The van der Waals surface area contributed by atoms with Crippen molar-refractivity contribution in [2.75, 3.05) is 7.11 Å². The molecule has 1 N–H and O–H groups in total. The first-order valence-corrected chi connectivity index (χ1v) is 10.3. The molecule has 0 aliphatic heterocycles. The molecule has 0 fully saturated rings. The number of aromatic nitrogens is 3. The van der Waals surface area contributed by atoms with Crippen LogP contribution < -0.4 is 15.6 Å². The topological polar surface area (TPSA) is 86.1 Å². The van der Waals surface area contributed by atoms with Crippen molar-refractivity contribution in [3.8, 4) is 17.0 Å². The van der Waals surface area contributed by atoms with E-state index in [1.54, 1.807) is 19.2 Å². The third kappa shape index (κ3) is 4.46. The Morgan fingerprint density at radius 3 is 2.55 bits per heavy atom. The molecule has 0 unspecified atom stereocenters. The number of aryl methyl sites for hydroxylation is 1. The summed E-state index contributed by atoms with van der Waals surface area (Å²) in [7, 11) is 1.59. The summed E-state index contributed by atoms with van der Waals surface area (Å²) in [5, 5.41) is 7.93. The summed E-state index contributed by atoms with van der Waals surface area (Å²) in [5.74, 6) is -0.0244. The lowest BCUT2D eigenvalue weighted by Gasteiger charge is -2.10. The Bertz CT molecular complexity index is 1300. The fourth-order valence-corrected chi connectivity index (χ4v) is 4.02. The van der Waals surface area contributed by atoms with Crippen LogP contribution in [0.4, 0.5) is 4.39 Å². The van der Waals surface area contributed by atoms with Gasteiger partial charge in [0, 0.05) is 12.1 Å². The number of thiazole rings is 1. The average molecular weight is 438 g/mol. The van der Waals surface area contributed by atoms with Gasteiger partial charge in [-0.25, -0.2) is 14.1 Å². The fourth-order valence-electron chi connectivity index (χ4n) is 3.11. The maximum absolute atomic E-state index is 13.0. The lowest BCUT2D eigenvalue weighted by Crippen LogP contribution is -2.33. The van der Waals surface area contributed by atoms with Gasteiger partial charge < -0.3 is 10.1 Å². The van der Waals surface area contributed by atoms with Crippen molar-refractivity contribution in [1.82, 2.24) is 20.1 Å². The molecule has 2 heterocycles. The highest BCUT2D eigenvalue weighted by Gasteiger charge is 2.18. The van der Waals surface area contributed by atoms with Crippen LogP contribution in [0.3, 0.4) is 0 Å². The third-order valence-corrected chi connectivity index (χ3v) is 5.64. The summed E-state index contributed by atoms with van der Waals surface area (Å²) in [6, 6.07) is 13.1.